The predicted octanol–water partition coefficient (Wildman–Crippen LogP) is 2.00. The van der Waals surface area contributed by atoms with Gasteiger partial charge in [-0.25, -0.2) is 0 Å². The molecule has 0 aromatic heterocycles. The SMILES string of the molecule is C1=CC=CNCCCC=C1. The third-order valence-electron chi connectivity index (χ3n) is 1.38. The van der Waals surface area contributed by atoms with E-state index in [9.17, 15) is 0 Å². The number of hydrogen-bond donors (Lipinski definition) is 1. The van der Waals surface area contributed by atoms with E-state index in [4.69, 9.17) is 0 Å². The van der Waals surface area contributed by atoms with Crippen LogP contribution in [0.4, 0.5) is 0 Å². The maximum atomic E-state index is 3.19. The van der Waals surface area contributed by atoms with Gasteiger partial charge >= 0.3 is 0 Å². The quantitative estimate of drug-likeness (QED) is 0.535. The van der Waals surface area contributed by atoms with Gasteiger partial charge in [-0.1, -0.05) is 24.3 Å². The fourth-order valence-corrected chi connectivity index (χ4v) is 0.832. The van der Waals surface area contributed by atoms with Crippen molar-refractivity contribution in [3.05, 3.63) is 36.6 Å². The smallest absolute Gasteiger partial charge is 0.0144 e. The zero-order valence-corrected chi connectivity index (χ0v) is 6.09. The van der Waals surface area contributed by atoms with Crippen LogP contribution in [0.3, 0.4) is 0 Å². The van der Waals surface area contributed by atoms with Crippen molar-refractivity contribution < 1.29 is 0 Å². The van der Waals surface area contributed by atoms with Crippen molar-refractivity contribution in [2.45, 2.75) is 12.8 Å². The van der Waals surface area contributed by atoms with Crippen LogP contribution in [0.5, 0.6) is 0 Å². The Balaban J connectivity index is 2.40. The maximum absolute atomic E-state index is 3.19. The van der Waals surface area contributed by atoms with Crippen LogP contribution in [-0.2, 0) is 0 Å². The molecule has 1 N–H and O–H groups in total. The zero-order chi connectivity index (χ0) is 7.07. The van der Waals surface area contributed by atoms with Crippen LogP contribution in [0.1, 0.15) is 12.8 Å². The third-order valence-corrected chi connectivity index (χ3v) is 1.38. The summed E-state index contributed by atoms with van der Waals surface area (Å²) in [5.41, 5.74) is 0. The fourth-order valence-electron chi connectivity index (χ4n) is 0.832. The standard InChI is InChI=1S/C9H13N/c1-2-4-6-8-10-9-7-5-3-1/h1-4,6,8,10H,5,7,9H2. The van der Waals surface area contributed by atoms with E-state index in [1.165, 1.54) is 12.8 Å². The Morgan fingerprint density at radius 1 is 1.00 bits per heavy atom. The summed E-state index contributed by atoms with van der Waals surface area (Å²) in [6.45, 7) is 1.08. The highest BCUT2D eigenvalue weighted by Gasteiger charge is 1.80. The van der Waals surface area contributed by atoms with Gasteiger partial charge in [0.15, 0.2) is 0 Å². The van der Waals surface area contributed by atoms with Gasteiger partial charge in [0.25, 0.3) is 0 Å². The van der Waals surface area contributed by atoms with Crippen molar-refractivity contribution in [2.75, 3.05) is 6.54 Å². The molecule has 0 aromatic rings. The highest BCUT2D eigenvalue weighted by atomic mass is 14.8. The number of rotatable bonds is 0. The van der Waals surface area contributed by atoms with Gasteiger partial charge in [-0.2, -0.15) is 0 Å². The Morgan fingerprint density at radius 3 is 2.90 bits per heavy atom. The number of allylic oxidation sites excluding steroid dienone is 5. The summed E-state index contributed by atoms with van der Waals surface area (Å²) in [4.78, 5) is 0. The monoisotopic (exact) mass is 135 g/mol. The molecular formula is C9H13N. The second-order valence-electron chi connectivity index (χ2n) is 2.27. The lowest BCUT2D eigenvalue weighted by Gasteiger charge is -1.97. The molecule has 1 heteroatoms. The van der Waals surface area contributed by atoms with E-state index in [-0.39, 0.29) is 0 Å². The second kappa shape index (κ2) is 4.86. The minimum absolute atomic E-state index is 1.08. The van der Waals surface area contributed by atoms with Gasteiger partial charge in [-0.3, -0.25) is 0 Å². The van der Waals surface area contributed by atoms with E-state index in [0.29, 0.717) is 0 Å². The molecule has 1 heterocycles. The largest absolute Gasteiger partial charge is 0.391 e. The molecule has 0 atom stereocenters. The van der Waals surface area contributed by atoms with Crippen LogP contribution in [0.25, 0.3) is 0 Å². The van der Waals surface area contributed by atoms with Gasteiger partial charge in [0.2, 0.25) is 0 Å². The van der Waals surface area contributed by atoms with Gasteiger partial charge in [0.1, 0.15) is 0 Å². The number of nitrogens with one attached hydrogen (secondary N) is 1. The highest BCUT2D eigenvalue weighted by molar-refractivity contribution is 5.11. The van der Waals surface area contributed by atoms with Crippen molar-refractivity contribution >= 4 is 0 Å². The average Bonchev–Trinajstić information content (AvgIpc) is 2.01. The summed E-state index contributed by atoms with van der Waals surface area (Å²) >= 11 is 0. The maximum Gasteiger partial charge on any atom is 0.0144 e. The first-order chi connectivity index (χ1) is 5.00. The summed E-state index contributed by atoms with van der Waals surface area (Å²) in [5.74, 6) is 0. The van der Waals surface area contributed by atoms with Crippen LogP contribution >= 0.6 is 0 Å². The van der Waals surface area contributed by atoms with E-state index < -0.39 is 0 Å². The molecule has 0 saturated heterocycles. The molecule has 1 rings (SSSR count). The van der Waals surface area contributed by atoms with Gasteiger partial charge in [-0.05, 0) is 25.1 Å². The topological polar surface area (TPSA) is 12.0 Å². The first-order valence-electron chi connectivity index (χ1n) is 3.72. The molecule has 0 amide bonds. The molecule has 0 spiro atoms. The van der Waals surface area contributed by atoms with Gasteiger partial charge in [0, 0.05) is 6.54 Å². The lowest BCUT2D eigenvalue weighted by Crippen LogP contribution is -2.05. The molecule has 1 nitrogen and oxygen atoms in total. The van der Waals surface area contributed by atoms with Crippen LogP contribution in [-0.4, -0.2) is 6.54 Å². The molecule has 1 aliphatic rings. The van der Waals surface area contributed by atoms with Crippen molar-refractivity contribution in [1.29, 1.82) is 0 Å². The summed E-state index contributed by atoms with van der Waals surface area (Å²) in [6.07, 6.45) is 14.7. The van der Waals surface area contributed by atoms with Crippen LogP contribution in [0.15, 0.2) is 36.6 Å². The van der Waals surface area contributed by atoms with E-state index in [0.717, 1.165) is 6.54 Å². The second-order valence-corrected chi connectivity index (χ2v) is 2.27. The van der Waals surface area contributed by atoms with E-state index in [2.05, 4.69) is 17.5 Å². The molecule has 0 aliphatic carbocycles. The van der Waals surface area contributed by atoms with Crippen molar-refractivity contribution in [3.63, 3.8) is 0 Å². The first kappa shape index (κ1) is 7.13. The average molecular weight is 135 g/mol. The predicted molar refractivity (Wildman–Crippen MR) is 44.7 cm³/mol. The van der Waals surface area contributed by atoms with Gasteiger partial charge < -0.3 is 5.32 Å². The normalized spacial score (nSPS) is 18.4. The third kappa shape index (κ3) is 3.13. The molecule has 0 saturated carbocycles. The summed E-state index contributed by atoms with van der Waals surface area (Å²) in [6, 6.07) is 0. The minimum Gasteiger partial charge on any atom is -0.391 e. The Hall–Kier alpha value is -0.980. The summed E-state index contributed by atoms with van der Waals surface area (Å²) in [5, 5.41) is 3.19. The van der Waals surface area contributed by atoms with Crippen LogP contribution in [0.2, 0.25) is 0 Å². The molecule has 10 heavy (non-hydrogen) atoms. The Labute approximate surface area is 62.1 Å². The zero-order valence-electron chi connectivity index (χ0n) is 6.09. The highest BCUT2D eigenvalue weighted by Crippen LogP contribution is 1.91. The molecule has 0 unspecified atom stereocenters. The van der Waals surface area contributed by atoms with Gasteiger partial charge in [-0.15, -0.1) is 0 Å². The Kier molecular flexibility index (Phi) is 3.46. The lowest BCUT2D eigenvalue weighted by atomic mass is 10.2. The fraction of sp³-hybridized carbons (Fsp3) is 0.333. The van der Waals surface area contributed by atoms with E-state index in [1.54, 1.807) is 0 Å². The minimum atomic E-state index is 1.08. The summed E-state index contributed by atoms with van der Waals surface area (Å²) in [7, 11) is 0. The van der Waals surface area contributed by atoms with E-state index in [1.807, 2.05) is 24.4 Å². The van der Waals surface area contributed by atoms with E-state index >= 15 is 0 Å². The molecule has 0 bridgehead atoms. The molecule has 1 aliphatic heterocycles. The van der Waals surface area contributed by atoms with Crippen LogP contribution in [0, 0.1) is 0 Å². The van der Waals surface area contributed by atoms with Crippen LogP contribution < -0.4 is 5.32 Å². The van der Waals surface area contributed by atoms with Crippen molar-refractivity contribution in [1.82, 2.24) is 5.32 Å². The lowest BCUT2D eigenvalue weighted by molar-refractivity contribution is 0.764. The molecule has 0 aromatic carbocycles. The molecular weight excluding hydrogens is 122 g/mol. The van der Waals surface area contributed by atoms with Gasteiger partial charge in [0.05, 0.1) is 0 Å². The Bertz CT molecular complexity index is 136. The molecule has 0 fully saturated rings. The summed E-state index contributed by atoms with van der Waals surface area (Å²) < 4.78 is 0. The van der Waals surface area contributed by atoms with Crippen molar-refractivity contribution in [3.8, 4) is 0 Å². The molecule has 0 radical (unpaired) electrons. The molecule has 54 valence electrons. The first-order valence-corrected chi connectivity index (χ1v) is 3.72. The van der Waals surface area contributed by atoms with Crippen molar-refractivity contribution in [2.24, 2.45) is 0 Å². The number of hydrogen-bond acceptors (Lipinski definition) is 1. The Morgan fingerprint density at radius 2 is 1.90 bits per heavy atom.